The van der Waals surface area contributed by atoms with Crippen LogP contribution < -0.4 is 4.74 Å². The molecule has 2 aromatic carbocycles. The molecule has 0 spiro atoms. The number of aryl methyl sites for hydroxylation is 1. The lowest BCUT2D eigenvalue weighted by Gasteiger charge is -2.17. The molecule has 0 N–H and O–H groups in total. The van der Waals surface area contributed by atoms with Crippen LogP contribution >= 0.6 is 43.5 Å². The summed E-state index contributed by atoms with van der Waals surface area (Å²) in [6, 6.07) is 13.0. The third kappa shape index (κ3) is 3.92. The van der Waals surface area contributed by atoms with Crippen molar-refractivity contribution in [2.75, 3.05) is 7.11 Å². The smallest absolute Gasteiger partial charge is 0.177 e. The van der Waals surface area contributed by atoms with E-state index in [0.29, 0.717) is 16.3 Å². The molecule has 0 saturated carbocycles. The fraction of sp³-hybridized carbons (Fsp3) is 0.235. The van der Waals surface area contributed by atoms with Crippen LogP contribution in [0.5, 0.6) is 5.75 Å². The van der Waals surface area contributed by atoms with Crippen LogP contribution in [0.2, 0.25) is 5.02 Å². The number of alkyl halides is 2. The lowest BCUT2D eigenvalue weighted by Crippen LogP contribution is -2.19. The highest BCUT2D eigenvalue weighted by Gasteiger charge is 2.26. The molecule has 0 amide bonds. The zero-order chi connectivity index (χ0) is 16.3. The van der Waals surface area contributed by atoms with Gasteiger partial charge < -0.3 is 4.74 Å². The van der Waals surface area contributed by atoms with Crippen molar-refractivity contribution < 1.29 is 9.53 Å². The van der Waals surface area contributed by atoms with Gasteiger partial charge in [-0.3, -0.25) is 4.79 Å². The van der Waals surface area contributed by atoms with Crippen molar-refractivity contribution >= 4 is 49.2 Å². The molecular formula is C17H15Br2ClO2. The predicted octanol–water partition coefficient (Wildman–Crippen LogP) is 5.74. The zero-order valence-corrected chi connectivity index (χ0v) is 16.1. The van der Waals surface area contributed by atoms with Crippen molar-refractivity contribution in [2.45, 2.75) is 16.6 Å². The topological polar surface area (TPSA) is 26.3 Å². The molecule has 0 radical (unpaired) electrons. The van der Waals surface area contributed by atoms with Gasteiger partial charge in [0, 0.05) is 5.56 Å². The van der Waals surface area contributed by atoms with Crippen molar-refractivity contribution in [1.29, 1.82) is 0 Å². The molecule has 0 fully saturated rings. The van der Waals surface area contributed by atoms with Gasteiger partial charge >= 0.3 is 0 Å². The summed E-state index contributed by atoms with van der Waals surface area (Å²) in [6.07, 6.45) is 0. The highest BCUT2D eigenvalue weighted by Crippen LogP contribution is 2.37. The van der Waals surface area contributed by atoms with Crippen LogP contribution in [-0.4, -0.2) is 17.7 Å². The monoisotopic (exact) mass is 444 g/mol. The molecule has 2 rings (SSSR count). The first-order valence-electron chi connectivity index (χ1n) is 6.66. The largest absolute Gasteiger partial charge is 0.495 e. The summed E-state index contributed by atoms with van der Waals surface area (Å²) in [4.78, 5) is 12.0. The predicted molar refractivity (Wildman–Crippen MR) is 97.9 cm³/mol. The maximum absolute atomic E-state index is 12.6. The molecule has 0 aliphatic carbocycles. The number of methoxy groups -OCH3 is 1. The Morgan fingerprint density at radius 3 is 2.55 bits per heavy atom. The SMILES string of the molecule is COc1cc(C(Br)C(Br)C(=O)c2cccc(C)c2)ccc1Cl. The van der Waals surface area contributed by atoms with Gasteiger partial charge in [-0.25, -0.2) is 0 Å². The van der Waals surface area contributed by atoms with Crippen molar-refractivity contribution in [3.63, 3.8) is 0 Å². The Morgan fingerprint density at radius 1 is 1.18 bits per heavy atom. The molecule has 0 aromatic heterocycles. The van der Waals surface area contributed by atoms with E-state index in [0.717, 1.165) is 11.1 Å². The van der Waals surface area contributed by atoms with Crippen molar-refractivity contribution in [1.82, 2.24) is 0 Å². The van der Waals surface area contributed by atoms with Crippen molar-refractivity contribution in [3.05, 3.63) is 64.2 Å². The highest BCUT2D eigenvalue weighted by molar-refractivity contribution is 9.12. The van der Waals surface area contributed by atoms with Crippen LogP contribution in [0.3, 0.4) is 0 Å². The number of ether oxygens (including phenoxy) is 1. The molecule has 2 nitrogen and oxygen atoms in total. The molecule has 0 saturated heterocycles. The first-order valence-corrected chi connectivity index (χ1v) is 8.87. The number of halogens is 3. The van der Waals surface area contributed by atoms with E-state index >= 15 is 0 Å². The Kier molecular flexibility index (Phi) is 6.07. The van der Waals surface area contributed by atoms with Crippen LogP contribution in [0.1, 0.15) is 26.3 Å². The molecule has 22 heavy (non-hydrogen) atoms. The molecule has 2 unspecified atom stereocenters. The zero-order valence-electron chi connectivity index (χ0n) is 12.1. The molecule has 0 bridgehead atoms. The lowest BCUT2D eigenvalue weighted by molar-refractivity contribution is 0.0991. The second-order valence-corrected chi connectivity index (χ2v) is 7.31. The van der Waals surface area contributed by atoms with E-state index in [1.54, 1.807) is 13.2 Å². The number of ketones is 1. The molecule has 5 heteroatoms. The minimum Gasteiger partial charge on any atom is -0.495 e. The summed E-state index contributed by atoms with van der Waals surface area (Å²) >= 11 is 13.1. The number of hydrogen-bond donors (Lipinski definition) is 0. The van der Waals surface area contributed by atoms with Crippen molar-refractivity contribution in [3.8, 4) is 5.75 Å². The third-order valence-corrected chi connectivity index (χ3v) is 6.33. The summed E-state index contributed by atoms with van der Waals surface area (Å²) in [5.41, 5.74) is 2.67. The molecule has 0 heterocycles. The highest BCUT2D eigenvalue weighted by atomic mass is 79.9. The first-order chi connectivity index (χ1) is 10.4. The van der Waals surface area contributed by atoms with Crippen LogP contribution in [0.15, 0.2) is 42.5 Å². The van der Waals surface area contributed by atoms with Gasteiger partial charge in [0.15, 0.2) is 5.78 Å². The van der Waals surface area contributed by atoms with Crippen LogP contribution in [0, 0.1) is 6.92 Å². The van der Waals surface area contributed by atoms with Gasteiger partial charge in [-0.15, -0.1) is 0 Å². The van der Waals surface area contributed by atoms with Crippen LogP contribution in [0.25, 0.3) is 0 Å². The van der Waals surface area contributed by atoms with E-state index in [2.05, 4.69) is 31.9 Å². The molecule has 116 valence electrons. The Bertz CT molecular complexity index is 688. The van der Waals surface area contributed by atoms with E-state index in [9.17, 15) is 4.79 Å². The normalized spacial score (nSPS) is 13.5. The van der Waals surface area contributed by atoms with Gasteiger partial charge in [0.2, 0.25) is 0 Å². The number of hydrogen-bond acceptors (Lipinski definition) is 2. The summed E-state index contributed by atoms with van der Waals surface area (Å²) in [6.45, 7) is 1.97. The maximum atomic E-state index is 12.6. The van der Waals surface area contributed by atoms with E-state index < -0.39 is 0 Å². The lowest BCUT2D eigenvalue weighted by atomic mass is 10.0. The average Bonchev–Trinajstić information content (AvgIpc) is 2.53. The summed E-state index contributed by atoms with van der Waals surface area (Å²) in [5.74, 6) is 0.616. The Balaban J connectivity index is 2.25. The van der Waals surface area contributed by atoms with E-state index in [1.807, 2.05) is 43.3 Å². The van der Waals surface area contributed by atoms with E-state index in [-0.39, 0.29) is 15.4 Å². The maximum Gasteiger partial charge on any atom is 0.177 e. The molecule has 2 atom stereocenters. The van der Waals surface area contributed by atoms with E-state index in [4.69, 9.17) is 16.3 Å². The molecular weight excluding hydrogens is 431 g/mol. The van der Waals surface area contributed by atoms with Crippen LogP contribution in [-0.2, 0) is 0 Å². The van der Waals surface area contributed by atoms with E-state index in [1.165, 1.54) is 0 Å². The van der Waals surface area contributed by atoms with Gasteiger partial charge in [0.05, 0.1) is 21.8 Å². The summed E-state index contributed by atoms with van der Waals surface area (Å²) in [5, 5.41) is 0.544. The quantitative estimate of drug-likeness (QED) is 0.433. The average molecular weight is 447 g/mol. The van der Waals surface area contributed by atoms with Gasteiger partial charge in [-0.2, -0.15) is 0 Å². The van der Waals surface area contributed by atoms with Gasteiger partial charge in [-0.1, -0.05) is 73.3 Å². The number of Topliss-reactive ketones (excluding diaryl/α,β-unsaturated/α-hetero) is 1. The fourth-order valence-electron chi connectivity index (χ4n) is 2.11. The second kappa shape index (κ2) is 7.62. The first kappa shape index (κ1) is 17.5. The number of benzene rings is 2. The Labute approximate surface area is 152 Å². The number of carbonyl (C=O) groups is 1. The molecule has 0 aliphatic heterocycles. The standard InChI is InChI=1S/C17H15Br2ClO2/c1-10-4-3-5-12(8-10)17(21)16(19)15(18)11-6-7-13(20)14(9-11)22-2/h3-9,15-16H,1-2H3. The Hall–Kier alpha value is -0.840. The summed E-state index contributed by atoms with van der Waals surface area (Å²) < 4.78 is 5.22. The summed E-state index contributed by atoms with van der Waals surface area (Å²) in [7, 11) is 1.57. The van der Waals surface area contributed by atoms with Gasteiger partial charge in [0.1, 0.15) is 5.75 Å². The van der Waals surface area contributed by atoms with Gasteiger partial charge in [0.25, 0.3) is 0 Å². The van der Waals surface area contributed by atoms with Gasteiger partial charge in [-0.05, 0) is 30.7 Å². The minimum atomic E-state index is -0.389. The molecule has 0 aliphatic rings. The Morgan fingerprint density at radius 2 is 1.91 bits per heavy atom. The second-order valence-electron chi connectivity index (χ2n) is 4.93. The van der Waals surface area contributed by atoms with Crippen molar-refractivity contribution in [2.24, 2.45) is 0 Å². The molecule has 2 aromatic rings. The van der Waals surface area contributed by atoms with Crippen LogP contribution in [0.4, 0.5) is 0 Å². The minimum absolute atomic E-state index is 0.0273. The number of rotatable bonds is 5. The fourth-order valence-corrected chi connectivity index (χ4v) is 3.40. The number of carbonyl (C=O) groups excluding carboxylic acids is 1. The third-order valence-electron chi connectivity index (χ3n) is 3.30.